The number of rotatable bonds is 14. The number of fused-ring (bicyclic) bond motifs is 4. The van der Waals surface area contributed by atoms with Crippen molar-refractivity contribution in [1.29, 1.82) is 0 Å². The zero-order chi connectivity index (χ0) is 44.2. The minimum Gasteiger partial charge on any atom is -0.493 e. The molecule has 4 aliphatic rings. The van der Waals surface area contributed by atoms with E-state index in [9.17, 15) is 9.90 Å². The van der Waals surface area contributed by atoms with E-state index in [2.05, 4.69) is 36.1 Å². The third-order valence-electron chi connectivity index (χ3n) is 13.8. The molecule has 8 rings (SSSR count). The lowest BCUT2D eigenvalue weighted by molar-refractivity contribution is -0.158. The Balaban J connectivity index is 1.14. The molecule has 1 saturated heterocycles. The molecule has 4 aromatic carbocycles. The van der Waals surface area contributed by atoms with Crippen molar-refractivity contribution in [3.8, 4) is 23.0 Å². The molecular formula is C51H60N2O10. The second-order valence-corrected chi connectivity index (χ2v) is 17.1. The van der Waals surface area contributed by atoms with E-state index in [4.69, 9.17) is 33.2 Å². The van der Waals surface area contributed by atoms with Crippen LogP contribution in [0.4, 0.5) is 0 Å². The van der Waals surface area contributed by atoms with E-state index < -0.39 is 12.3 Å². The number of benzene rings is 4. The first kappa shape index (κ1) is 44.1. The van der Waals surface area contributed by atoms with Crippen LogP contribution < -0.4 is 18.9 Å². The Bertz CT molecular complexity index is 2290. The summed E-state index contributed by atoms with van der Waals surface area (Å²) in [5, 5.41) is 9.56. The van der Waals surface area contributed by atoms with E-state index >= 15 is 4.79 Å². The number of carbonyl (C=O) groups excluding carboxylic acids is 2. The summed E-state index contributed by atoms with van der Waals surface area (Å²) < 4.78 is 41.1. The molecule has 1 fully saturated rings. The number of hydrogen-bond donors (Lipinski definition) is 1. The fourth-order valence-electron chi connectivity index (χ4n) is 10.3. The van der Waals surface area contributed by atoms with E-state index in [0.29, 0.717) is 48.3 Å². The van der Waals surface area contributed by atoms with Crippen LogP contribution in [0.2, 0.25) is 0 Å². The fraction of sp³-hybridized carbons (Fsp3) is 0.451. The number of allylic oxidation sites excluding steroid dienone is 1. The Morgan fingerprint density at radius 3 is 2.00 bits per heavy atom. The summed E-state index contributed by atoms with van der Waals surface area (Å²) in [6, 6.07) is 23.3. The van der Waals surface area contributed by atoms with Crippen LogP contribution in [-0.2, 0) is 45.1 Å². The quantitative estimate of drug-likeness (QED) is 0.124. The molecule has 4 aliphatic heterocycles. The summed E-state index contributed by atoms with van der Waals surface area (Å²) in [5.74, 6) is 2.92. The number of aliphatic hydroxyl groups is 1. The van der Waals surface area contributed by atoms with Gasteiger partial charge in [-0.25, -0.2) is 4.79 Å². The molecular weight excluding hydrogens is 801 g/mol. The van der Waals surface area contributed by atoms with Crippen LogP contribution in [0.25, 0.3) is 0 Å². The van der Waals surface area contributed by atoms with Crippen LogP contribution in [0, 0.1) is 11.8 Å². The Hall–Kier alpha value is -5.56. The van der Waals surface area contributed by atoms with E-state index in [1.165, 1.54) is 18.2 Å². The minimum absolute atomic E-state index is 0.0421. The number of carbonyl (C=O) groups is 2. The Kier molecular flexibility index (Phi) is 13.6. The van der Waals surface area contributed by atoms with Gasteiger partial charge >= 0.3 is 5.97 Å². The van der Waals surface area contributed by atoms with Crippen LogP contribution in [0.1, 0.15) is 99.9 Å². The highest BCUT2D eigenvalue weighted by molar-refractivity contribution is 5.92. The van der Waals surface area contributed by atoms with Crippen molar-refractivity contribution in [2.45, 2.75) is 83.0 Å². The average Bonchev–Trinajstić information content (AvgIpc) is 3.34. The van der Waals surface area contributed by atoms with Gasteiger partial charge in [0.1, 0.15) is 0 Å². The summed E-state index contributed by atoms with van der Waals surface area (Å²) in [4.78, 5) is 32.3. The van der Waals surface area contributed by atoms with Gasteiger partial charge in [-0.05, 0) is 119 Å². The van der Waals surface area contributed by atoms with Gasteiger partial charge < -0.3 is 43.2 Å². The third-order valence-corrected chi connectivity index (χ3v) is 13.8. The molecule has 4 heterocycles. The number of aliphatic hydroxyl groups excluding tert-OH is 1. The molecule has 0 saturated carbocycles. The number of nitrogens with zero attached hydrogens (tertiary/aromatic N) is 2. The topological polar surface area (TPSA) is 125 Å². The SMILES string of the molecule is CCC1CN2CCc3cc(OC)c(OC)cc3C2CC1CC1c2cc(OC)c(OC)cc2CCN1C(=O)C1=CC(c2ccc(C(=O)OC)cc2)CC(OCc2ccc(CO)cc2)O1. The van der Waals surface area contributed by atoms with E-state index in [-0.39, 0.29) is 42.9 Å². The minimum atomic E-state index is -0.729. The lowest BCUT2D eigenvalue weighted by Gasteiger charge is -2.49. The molecule has 1 N–H and O–H groups in total. The maximum Gasteiger partial charge on any atom is 0.337 e. The number of methoxy groups -OCH3 is 5. The summed E-state index contributed by atoms with van der Waals surface area (Å²) in [6.45, 7) is 4.96. The Morgan fingerprint density at radius 1 is 0.746 bits per heavy atom. The molecule has 334 valence electrons. The van der Waals surface area contributed by atoms with Crippen LogP contribution in [0.15, 0.2) is 84.6 Å². The standard InChI is InChI=1S/C51H60N2O10/c1-7-33-28-52-18-16-36-22-44(57-2)46(59-4)26-40(36)42(52)20-38(33)21-43-41-27-47(60-5)45(58-3)23-37(41)17-19-53(43)50(55)48-24-39(34-12-14-35(15-13-34)51(56)61-6)25-49(63-48)62-30-32-10-8-31(29-54)9-11-32/h8-15,22-24,26-27,33,38-39,42-43,49,54H,7,16-21,25,28-30H2,1-6H3. The number of ether oxygens (including phenoxy) is 7. The van der Waals surface area contributed by atoms with Gasteiger partial charge in [0.05, 0.1) is 60.4 Å². The van der Waals surface area contributed by atoms with E-state index in [1.807, 2.05) is 47.4 Å². The van der Waals surface area contributed by atoms with E-state index in [0.717, 1.165) is 78.1 Å². The summed E-state index contributed by atoms with van der Waals surface area (Å²) >= 11 is 0. The molecule has 4 aromatic rings. The van der Waals surface area contributed by atoms with Crippen molar-refractivity contribution in [1.82, 2.24) is 9.80 Å². The second-order valence-electron chi connectivity index (χ2n) is 17.1. The Labute approximate surface area is 370 Å². The van der Waals surface area contributed by atoms with Gasteiger partial charge in [-0.2, -0.15) is 0 Å². The molecule has 0 spiro atoms. The third kappa shape index (κ3) is 9.12. The van der Waals surface area contributed by atoms with Gasteiger partial charge in [0, 0.05) is 38.0 Å². The predicted molar refractivity (Wildman–Crippen MR) is 237 cm³/mol. The van der Waals surface area contributed by atoms with Gasteiger partial charge in [0.25, 0.3) is 5.91 Å². The van der Waals surface area contributed by atoms with Gasteiger partial charge in [-0.15, -0.1) is 0 Å². The maximum absolute atomic E-state index is 15.3. The van der Waals surface area contributed by atoms with Gasteiger partial charge in [-0.3, -0.25) is 9.69 Å². The number of hydrogen-bond acceptors (Lipinski definition) is 11. The van der Waals surface area contributed by atoms with Crippen molar-refractivity contribution >= 4 is 11.9 Å². The van der Waals surface area contributed by atoms with Crippen molar-refractivity contribution in [3.63, 3.8) is 0 Å². The molecule has 0 bridgehead atoms. The molecule has 1 amide bonds. The highest BCUT2D eigenvalue weighted by Gasteiger charge is 2.43. The van der Waals surface area contributed by atoms with Crippen LogP contribution in [-0.4, -0.2) is 88.3 Å². The summed E-state index contributed by atoms with van der Waals surface area (Å²) in [6.07, 6.45) is 5.98. The molecule has 12 nitrogen and oxygen atoms in total. The zero-order valence-electron chi connectivity index (χ0n) is 37.3. The first-order valence-electron chi connectivity index (χ1n) is 22.1. The van der Waals surface area contributed by atoms with Crippen molar-refractivity contribution in [2.24, 2.45) is 11.8 Å². The van der Waals surface area contributed by atoms with Crippen LogP contribution in [0.5, 0.6) is 23.0 Å². The van der Waals surface area contributed by atoms with Crippen LogP contribution in [0.3, 0.4) is 0 Å². The van der Waals surface area contributed by atoms with Crippen molar-refractivity contribution in [2.75, 3.05) is 55.2 Å². The van der Waals surface area contributed by atoms with Gasteiger partial charge in [-0.1, -0.05) is 49.7 Å². The lowest BCUT2D eigenvalue weighted by Crippen LogP contribution is -2.48. The number of amides is 1. The first-order valence-corrected chi connectivity index (χ1v) is 22.1. The van der Waals surface area contributed by atoms with Crippen molar-refractivity contribution in [3.05, 3.63) is 129 Å². The maximum atomic E-state index is 15.3. The van der Waals surface area contributed by atoms with Crippen LogP contribution >= 0.6 is 0 Å². The highest BCUT2D eigenvalue weighted by Crippen LogP contribution is 2.50. The largest absolute Gasteiger partial charge is 0.493 e. The average molecular weight is 861 g/mol. The molecule has 0 aliphatic carbocycles. The normalized spacial score (nSPS) is 23.0. The molecule has 6 atom stereocenters. The lowest BCUT2D eigenvalue weighted by atomic mass is 9.72. The number of esters is 1. The smallest absolute Gasteiger partial charge is 0.337 e. The van der Waals surface area contributed by atoms with E-state index in [1.54, 1.807) is 40.6 Å². The predicted octanol–water partition coefficient (Wildman–Crippen LogP) is 8.09. The van der Waals surface area contributed by atoms with Crippen molar-refractivity contribution < 1.29 is 47.9 Å². The Morgan fingerprint density at radius 2 is 1.37 bits per heavy atom. The summed E-state index contributed by atoms with van der Waals surface area (Å²) in [5.41, 5.74) is 7.90. The number of piperidine rings is 1. The molecule has 0 aromatic heterocycles. The molecule has 6 unspecified atom stereocenters. The molecule has 0 radical (unpaired) electrons. The fourth-order valence-corrected chi connectivity index (χ4v) is 10.3. The first-order chi connectivity index (χ1) is 30.7. The van der Waals surface area contributed by atoms with Gasteiger partial charge in [0.2, 0.25) is 6.29 Å². The highest BCUT2D eigenvalue weighted by atomic mass is 16.7. The molecule has 63 heavy (non-hydrogen) atoms. The zero-order valence-corrected chi connectivity index (χ0v) is 37.3. The second kappa shape index (κ2) is 19.5. The monoisotopic (exact) mass is 860 g/mol. The summed E-state index contributed by atoms with van der Waals surface area (Å²) in [7, 11) is 8.05. The molecule has 12 heteroatoms. The van der Waals surface area contributed by atoms with Gasteiger partial charge in [0.15, 0.2) is 28.8 Å².